The van der Waals surface area contributed by atoms with Crippen molar-refractivity contribution in [2.75, 3.05) is 42.3 Å². The zero-order valence-electron chi connectivity index (χ0n) is 21.4. The number of nitrogens with one attached hydrogen (secondary N) is 1. The fraction of sp³-hybridized carbons (Fsp3) is 0.310. The number of ether oxygens (including phenoxy) is 1. The second kappa shape index (κ2) is 10.6. The maximum absolute atomic E-state index is 13.7. The van der Waals surface area contributed by atoms with Gasteiger partial charge in [-0.15, -0.1) is 11.3 Å². The number of nitrogen functional groups attached to an aromatic ring is 1. The first-order valence-corrected chi connectivity index (χ1v) is 14.2. The molecule has 4 aromatic rings. The molecule has 1 amide bonds. The molecule has 1 fully saturated rings. The number of fused-ring (bicyclic) bond motifs is 2. The Hall–Kier alpha value is -3.34. The number of halogens is 4. The Morgan fingerprint density at radius 1 is 1.07 bits per heavy atom. The number of alkyl halides is 3. The molecule has 0 unspecified atom stereocenters. The number of carbonyl (C=O) groups is 1. The Morgan fingerprint density at radius 3 is 2.52 bits per heavy atom. The lowest BCUT2D eigenvalue weighted by Crippen LogP contribution is -2.36. The summed E-state index contributed by atoms with van der Waals surface area (Å²) in [5.41, 5.74) is 10.6. The molecular formula is C29H26ClF3N4O2S. The van der Waals surface area contributed by atoms with Crippen LogP contribution in [0, 0.1) is 0 Å². The molecule has 208 valence electrons. The maximum atomic E-state index is 13.7. The highest BCUT2D eigenvalue weighted by molar-refractivity contribution is 7.21. The topological polar surface area (TPSA) is 80.5 Å². The van der Waals surface area contributed by atoms with Crippen molar-refractivity contribution in [3.63, 3.8) is 0 Å². The summed E-state index contributed by atoms with van der Waals surface area (Å²) in [6.45, 7) is 1.89. The number of aromatic nitrogens is 1. The molecule has 1 saturated heterocycles. The Kier molecular flexibility index (Phi) is 7.10. The minimum Gasteiger partial charge on any atom is -0.397 e. The third-order valence-corrected chi connectivity index (χ3v) is 8.77. The molecule has 3 heterocycles. The number of benzene rings is 2. The SMILES string of the molecule is Nc1c(C(=O)Nc2cc(C(F)(F)F)ccc2N2CCOCC2)sc2nc3c(c(-c4ccc(Cl)cc4)c12)CCCC3. The fourth-order valence-corrected chi connectivity index (χ4v) is 6.63. The Balaban J connectivity index is 1.45. The van der Waals surface area contributed by atoms with Gasteiger partial charge in [0.25, 0.3) is 5.91 Å². The van der Waals surface area contributed by atoms with Gasteiger partial charge in [-0.25, -0.2) is 4.98 Å². The molecule has 6 rings (SSSR count). The standard InChI is InChI=1S/C29H26ClF3N4O2S/c30-18-8-5-16(6-9-18)23-19-3-1-2-4-20(19)36-28-24(23)25(34)26(40-28)27(38)35-21-15-17(29(31,32)33)7-10-22(21)37-11-13-39-14-12-37/h5-10,15H,1-4,11-14,34H2,(H,35,38). The first-order valence-electron chi connectivity index (χ1n) is 13.1. The predicted octanol–water partition coefficient (Wildman–Crippen LogP) is 7.19. The monoisotopic (exact) mass is 586 g/mol. The number of amides is 1. The lowest BCUT2D eigenvalue weighted by molar-refractivity contribution is -0.137. The number of hydrogen-bond donors (Lipinski definition) is 2. The molecule has 40 heavy (non-hydrogen) atoms. The van der Waals surface area contributed by atoms with Gasteiger partial charge in [-0.2, -0.15) is 13.2 Å². The third-order valence-electron chi connectivity index (χ3n) is 7.42. The van der Waals surface area contributed by atoms with Crippen molar-refractivity contribution in [1.29, 1.82) is 0 Å². The van der Waals surface area contributed by atoms with Crippen molar-refractivity contribution in [3.05, 3.63) is 69.2 Å². The quantitative estimate of drug-likeness (QED) is 0.265. The average Bonchev–Trinajstić information content (AvgIpc) is 3.28. The largest absolute Gasteiger partial charge is 0.416 e. The number of thiophene rings is 1. The molecular weight excluding hydrogens is 561 g/mol. The Labute approximate surface area is 237 Å². The normalized spacial score (nSPS) is 15.8. The molecule has 1 aliphatic carbocycles. The molecule has 0 saturated carbocycles. The van der Waals surface area contributed by atoms with Crippen LogP contribution >= 0.6 is 22.9 Å². The second-order valence-corrected chi connectivity index (χ2v) is 11.4. The van der Waals surface area contributed by atoms with Crippen molar-refractivity contribution in [3.8, 4) is 11.1 Å². The van der Waals surface area contributed by atoms with E-state index in [4.69, 9.17) is 27.1 Å². The van der Waals surface area contributed by atoms with Crippen LogP contribution in [0.2, 0.25) is 5.02 Å². The van der Waals surface area contributed by atoms with E-state index in [9.17, 15) is 18.0 Å². The van der Waals surface area contributed by atoms with Crippen LogP contribution in [0.5, 0.6) is 0 Å². The van der Waals surface area contributed by atoms with Crippen molar-refractivity contribution in [1.82, 2.24) is 4.98 Å². The summed E-state index contributed by atoms with van der Waals surface area (Å²) in [7, 11) is 0. The highest BCUT2D eigenvalue weighted by Gasteiger charge is 2.32. The number of morpholine rings is 1. The van der Waals surface area contributed by atoms with E-state index in [0.29, 0.717) is 47.2 Å². The molecule has 11 heteroatoms. The molecule has 0 atom stereocenters. The molecule has 2 aromatic carbocycles. The van der Waals surface area contributed by atoms with Crippen LogP contribution < -0.4 is 16.0 Å². The van der Waals surface area contributed by atoms with Gasteiger partial charge < -0.3 is 20.7 Å². The van der Waals surface area contributed by atoms with Crippen LogP contribution in [-0.4, -0.2) is 37.2 Å². The van der Waals surface area contributed by atoms with E-state index >= 15 is 0 Å². The summed E-state index contributed by atoms with van der Waals surface area (Å²) in [6.07, 6.45) is -0.827. The minimum absolute atomic E-state index is 0.0729. The third kappa shape index (κ3) is 5.00. The van der Waals surface area contributed by atoms with Gasteiger partial charge in [-0.3, -0.25) is 4.79 Å². The van der Waals surface area contributed by atoms with Crippen LogP contribution in [0.25, 0.3) is 21.3 Å². The zero-order valence-corrected chi connectivity index (χ0v) is 23.0. The minimum atomic E-state index is -4.56. The van der Waals surface area contributed by atoms with Gasteiger partial charge in [0, 0.05) is 29.2 Å². The number of nitrogens with zero attached hydrogens (tertiary/aromatic N) is 2. The summed E-state index contributed by atoms with van der Waals surface area (Å²) in [4.78, 5) is 21.3. The smallest absolute Gasteiger partial charge is 0.397 e. The van der Waals surface area contributed by atoms with Crippen LogP contribution in [-0.2, 0) is 23.8 Å². The summed E-state index contributed by atoms with van der Waals surface area (Å²) in [6, 6.07) is 10.9. The van der Waals surface area contributed by atoms with E-state index in [1.807, 2.05) is 29.2 Å². The second-order valence-electron chi connectivity index (χ2n) is 9.93. The van der Waals surface area contributed by atoms with Gasteiger partial charge in [0.15, 0.2) is 0 Å². The Morgan fingerprint density at radius 2 is 1.80 bits per heavy atom. The number of pyridine rings is 1. The maximum Gasteiger partial charge on any atom is 0.416 e. The number of nitrogens with two attached hydrogens (primary N) is 1. The fourth-order valence-electron chi connectivity index (χ4n) is 5.48. The number of rotatable bonds is 4. The zero-order chi connectivity index (χ0) is 28.0. The molecule has 0 bridgehead atoms. The van der Waals surface area contributed by atoms with Crippen molar-refractivity contribution >= 4 is 56.1 Å². The number of carbonyl (C=O) groups excluding carboxylic acids is 1. The highest BCUT2D eigenvalue weighted by atomic mass is 35.5. The molecule has 6 nitrogen and oxygen atoms in total. The van der Waals surface area contributed by atoms with Gasteiger partial charge >= 0.3 is 6.18 Å². The number of aryl methyl sites for hydroxylation is 1. The lowest BCUT2D eigenvalue weighted by atomic mass is 9.87. The number of hydrogen-bond acceptors (Lipinski definition) is 6. The van der Waals surface area contributed by atoms with Crippen molar-refractivity contribution in [2.45, 2.75) is 31.9 Å². The van der Waals surface area contributed by atoms with E-state index < -0.39 is 17.6 Å². The van der Waals surface area contributed by atoms with E-state index in [1.165, 1.54) is 6.07 Å². The predicted molar refractivity (Wildman–Crippen MR) is 154 cm³/mol. The molecule has 3 N–H and O–H groups in total. The highest BCUT2D eigenvalue weighted by Crippen LogP contribution is 2.44. The van der Waals surface area contributed by atoms with Crippen LogP contribution in [0.3, 0.4) is 0 Å². The molecule has 0 radical (unpaired) electrons. The van der Waals surface area contributed by atoms with Gasteiger partial charge in [0.05, 0.1) is 35.8 Å². The van der Waals surface area contributed by atoms with Crippen molar-refractivity contribution in [2.24, 2.45) is 0 Å². The first-order chi connectivity index (χ1) is 19.2. The average molecular weight is 587 g/mol. The summed E-state index contributed by atoms with van der Waals surface area (Å²) in [5.74, 6) is -0.575. The molecule has 2 aromatic heterocycles. The van der Waals surface area contributed by atoms with E-state index in [0.717, 1.165) is 71.5 Å². The van der Waals surface area contributed by atoms with Crippen LogP contribution in [0.4, 0.5) is 30.2 Å². The number of anilines is 3. The summed E-state index contributed by atoms with van der Waals surface area (Å²) >= 11 is 7.31. The van der Waals surface area contributed by atoms with Gasteiger partial charge in [0.1, 0.15) is 9.71 Å². The van der Waals surface area contributed by atoms with Gasteiger partial charge in [0.2, 0.25) is 0 Å². The first kappa shape index (κ1) is 26.9. The van der Waals surface area contributed by atoms with E-state index in [2.05, 4.69) is 5.32 Å². The summed E-state index contributed by atoms with van der Waals surface area (Å²) in [5, 5.41) is 4.04. The lowest BCUT2D eigenvalue weighted by Gasteiger charge is -2.31. The summed E-state index contributed by atoms with van der Waals surface area (Å²) < 4.78 is 46.2. The van der Waals surface area contributed by atoms with Crippen LogP contribution in [0.1, 0.15) is 39.3 Å². The van der Waals surface area contributed by atoms with Gasteiger partial charge in [-0.05, 0) is 72.7 Å². The molecule has 1 aliphatic heterocycles. The van der Waals surface area contributed by atoms with Crippen LogP contribution in [0.15, 0.2) is 42.5 Å². The van der Waals surface area contributed by atoms with Gasteiger partial charge in [-0.1, -0.05) is 23.7 Å². The Bertz CT molecular complexity index is 1600. The molecule has 2 aliphatic rings. The van der Waals surface area contributed by atoms with E-state index in [1.54, 1.807) is 0 Å². The molecule has 0 spiro atoms. The van der Waals surface area contributed by atoms with E-state index in [-0.39, 0.29) is 16.3 Å². The van der Waals surface area contributed by atoms with Crippen molar-refractivity contribution < 1.29 is 22.7 Å².